The normalized spacial score (nSPS) is 13.0. The van der Waals surface area contributed by atoms with Crippen LogP contribution in [0.4, 0.5) is 4.39 Å². The van der Waals surface area contributed by atoms with Crippen LogP contribution in [0.1, 0.15) is 11.7 Å². The Kier molecular flexibility index (Phi) is 3.32. The summed E-state index contributed by atoms with van der Waals surface area (Å²) in [6, 6.07) is 3.80. The van der Waals surface area contributed by atoms with Crippen molar-refractivity contribution in [3.8, 4) is 0 Å². The number of hydrogen-bond acceptors (Lipinski definition) is 1. The minimum atomic E-state index is -0.908. The van der Waals surface area contributed by atoms with E-state index in [1.54, 1.807) is 0 Å². The highest BCUT2D eigenvalue weighted by molar-refractivity contribution is 6.31. The van der Waals surface area contributed by atoms with E-state index in [1.807, 2.05) is 0 Å². The summed E-state index contributed by atoms with van der Waals surface area (Å²) in [7, 11) is 0. The van der Waals surface area contributed by atoms with Gasteiger partial charge in [0.25, 0.3) is 0 Å². The summed E-state index contributed by atoms with van der Waals surface area (Å²) in [5, 5.41) is 9.58. The molecule has 0 aliphatic carbocycles. The van der Waals surface area contributed by atoms with Crippen LogP contribution in [0.15, 0.2) is 18.2 Å². The standard InChI is InChI=1S/C8H7Cl2FO/c9-4-8(12)6-3-5(11)1-2-7(6)10/h1-3,8,12H,4H2/t8-/m1/s1. The van der Waals surface area contributed by atoms with Crippen molar-refractivity contribution < 1.29 is 9.50 Å². The van der Waals surface area contributed by atoms with Crippen molar-refractivity contribution in [3.63, 3.8) is 0 Å². The Balaban J connectivity index is 3.04. The summed E-state index contributed by atoms with van der Waals surface area (Å²) in [5.41, 5.74) is 0.326. The lowest BCUT2D eigenvalue weighted by molar-refractivity contribution is 0.202. The second-order valence-corrected chi connectivity index (χ2v) is 3.05. The molecule has 0 saturated carbocycles. The topological polar surface area (TPSA) is 20.2 Å². The summed E-state index contributed by atoms with van der Waals surface area (Å²) < 4.78 is 12.6. The lowest BCUT2D eigenvalue weighted by Crippen LogP contribution is -1.99. The average Bonchev–Trinajstić information content (AvgIpc) is 2.08. The van der Waals surface area contributed by atoms with Crippen molar-refractivity contribution in [1.82, 2.24) is 0 Å². The van der Waals surface area contributed by atoms with Crippen molar-refractivity contribution in [3.05, 3.63) is 34.6 Å². The molecule has 1 N–H and O–H groups in total. The van der Waals surface area contributed by atoms with Gasteiger partial charge in [-0.05, 0) is 18.2 Å². The summed E-state index contributed by atoms with van der Waals surface area (Å²) in [6.45, 7) is 0. The highest BCUT2D eigenvalue weighted by Gasteiger charge is 2.10. The van der Waals surface area contributed by atoms with E-state index in [2.05, 4.69) is 0 Å². The van der Waals surface area contributed by atoms with Gasteiger partial charge >= 0.3 is 0 Å². The largest absolute Gasteiger partial charge is 0.387 e. The maximum atomic E-state index is 12.6. The maximum absolute atomic E-state index is 12.6. The summed E-state index contributed by atoms with van der Waals surface area (Å²) in [6.07, 6.45) is -0.908. The molecule has 0 saturated heterocycles. The monoisotopic (exact) mass is 208 g/mol. The Hall–Kier alpha value is -0.310. The molecule has 1 aromatic carbocycles. The Morgan fingerprint density at radius 1 is 1.50 bits per heavy atom. The van der Waals surface area contributed by atoms with Crippen LogP contribution < -0.4 is 0 Å². The van der Waals surface area contributed by atoms with Crippen LogP contribution in [0.3, 0.4) is 0 Å². The van der Waals surface area contributed by atoms with Crippen LogP contribution >= 0.6 is 23.2 Å². The molecule has 0 radical (unpaired) electrons. The smallest absolute Gasteiger partial charge is 0.123 e. The number of hydrogen-bond donors (Lipinski definition) is 1. The van der Waals surface area contributed by atoms with E-state index in [0.717, 1.165) is 0 Å². The lowest BCUT2D eigenvalue weighted by Gasteiger charge is -2.08. The van der Waals surface area contributed by atoms with Crippen LogP contribution in [0.5, 0.6) is 0 Å². The zero-order valence-corrected chi connectivity index (χ0v) is 7.61. The van der Waals surface area contributed by atoms with E-state index >= 15 is 0 Å². The molecule has 12 heavy (non-hydrogen) atoms. The first-order chi connectivity index (χ1) is 5.65. The van der Waals surface area contributed by atoms with E-state index in [-0.39, 0.29) is 5.88 Å². The first kappa shape index (κ1) is 9.78. The van der Waals surface area contributed by atoms with Gasteiger partial charge in [0.05, 0.1) is 12.0 Å². The van der Waals surface area contributed by atoms with Gasteiger partial charge in [0.2, 0.25) is 0 Å². The third-order valence-electron chi connectivity index (χ3n) is 1.46. The molecule has 66 valence electrons. The molecule has 1 nitrogen and oxygen atoms in total. The van der Waals surface area contributed by atoms with Crippen LogP contribution in [0.25, 0.3) is 0 Å². The first-order valence-corrected chi connectivity index (χ1v) is 4.25. The number of halogens is 3. The molecule has 1 rings (SSSR count). The molecule has 1 atom stereocenters. The molecule has 0 spiro atoms. The number of rotatable bonds is 2. The SMILES string of the molecule is O[C@H](CCl)c1cc(F)ccc1Cl. The quantitative estimate of drug-likeness (QED) is 0.742. The van der Waals surface area contributed by atoms with Gasteiger partial charge in [-0.25, -0.2) is 4.39 Å². The van der Waals surface area contributed by atoms with Gasteiger partial charge in [-0.15, -0.1) is 11.6 Å². The molecule has 0 heterocycles. The lowest BCUT2D eigenvalue weighted by atomic mass is 10.1. The molecular weight excluding hydrogens is 202 g/mol. The van der Waals surface area contributed by atoms with Gasteiger partial charge in [-0.2, -0.15) is 0 Å². The van der Waals surface area contributed by atoms with Gasteiger partial charge in [0, 0.05) is 10.6 Å². The summed E-state index contributed by atoms with van der Waals surface area (Å²) in [4.78, 5) is 0. The second kappa shape index (κ2) is 4.08. The number of aliphatic hydroxyl groups is 1. The van der Waals surface area contributed by atoms with E-state index in [4.69, 9.17) is 23.2 Å². The summed E-state index contributed by atoms with van der Waals surface area (Å²) >= 11 is 11.1. The Morgan fingerprint density at radius 2 is 2.17 bits per heavy atom. The van der Waals surface area contributed by atoms with Crippen LogP contribution in [0.2, 0.25) is 5.02 Å². The average molecular weight is 209 g/mol. The Labute approximate surface area is 79.7 Å². The molecule has 0 bridgehead atoms. The van der Waals surface area contributed by atoms with Crippen LogP contribution in [0, 0.1) is 5.82 Å². The molecule has 0 unspecified atom stereocenters. The van der Waals surface area contributed by atoms with E-state index in [1.165, 1.54) is 18.2 Å². The fraction of sp³-hybridized carbons (Fsp3) is 0.250. The van der Waals surface area contributed by atoms with Gasteiger partial charge in [0.15, 0.2) is 0 Å². The van der Waals surface area contributed by atoms with Gasteiger partial charge in [-0.1, -0.05) is 11.6 Å². The van der Waals surface area contributed by atoms with Gasteiger partial charge < -0.3 is 5.11 Å². The van der Waals surface area contributed by atoms with Crippen molar-refractivity contribution in [2.75, 3.05) is 5.88 Å². The predicted molar refractivity (Wildman–Crippen MR) is 47.1 cm³/mol. The molecule has 0 amide bonds. The summed E-state index contributed by atoms with van der Waals surface area (Å²) in [5.74, 6) is -0.429. The minimum Gasteiger partial charge on any atom is -0.387 e. The maximum Gasteiger partial charge on any atom is 0.123 e. The van der Waals surface area contributed by atoms with Crippen molar-refractivity contribution in [1.29, 1.82) is 0 Å². The fourth-order valence-corrected chi connectivity index (χ4v) is 1.26. The Morgan fingerprint density at radius 3 is 2.75 bits per heavy atom. The van der Waals surface area contributed by atoms with E-state index in [0.29, 0.717) is 10.6 Å². The molecular formula is C8H7Cl2FO. The number of aliphatic hydroxyl groups excluding tert-OH is 1. The van der Waals surface area contributed by atoms with Gasteiger partial charge in [-0.3, -0.25) is 0 Å². The number of benzene rings is 1. The van der Waals surface area contributed by atoms with E-state index in [9.17, 15) is 9.50 Å². The second-order valence-electron chi connectivity index (χ2n) is 2.34. The van der Waals surface area contributed by atoms with Crippen LogP contribution in [-0.2, 0) is 0 Å². The fourth-order valence-electron chi connectivity index (χ4n) is 0.853. The molecule has 1 aromatic rings. The third kappa shape index (κ3) is 2.09. The van der Waals surface area contributed by atoms with Crippen molar-refractivity contribution in [2.24, 2.45) is 0 Å². The Bertz CT molecular complexity index is 278. The zero-order chi connectivity index (χ0) is 9.14. The van der Waals surface area contributed by atoms with Gasteiger partial charge in [0.1, 0.15) is 5.82 Å². The van der Waals surface area contributed by atoms with Crippen molar-refractivity contribution in [2.45, 2.75) is 6.10 Å². The molecule has 0 aromatic heterocycles. The highest BCUT2D eigenvalue weighted by atomic mass is 35.5. The molecule has 0 fully saturated rings. The predicted octanol–water partition coefficient (Wildman–Crippen LogP) is 2.75. The molecule has 0 aliphatic rings. The van der Waals surface area contributed by atoms with Crippen molar-refractivity contribution >= 4 is 23.2 Å². The highest BCUT2D eigenvalue weighted by Crippen LogP contribution is 2.24. The third-order valence-corrected chi connectivity index (χ3v) is 2.10. The van der Waals surface area contributed by atoms with E-state index < -0.39 is 11.9 Å². The first-order valence-electron chi connectivity index (χ1n) is 3.34. The number of alkyl halides is 1. The zero-order valence-electron chi connectivity index (χ0n) is 6.10. The molecule has 0 aliphatic heterocycles. The minimum absolute atomic E-state index is 0.00315. The van der Waals surface area contributed by atoms with Crippen LogP contribution in [-0.4, -0.2) is 11.0 Å². The molecule has 4 heteroatoms.